The predicted molar refractivity (Wildman–Crippen MR) is 39.1 cm³/mol. The van der Waals surface area contributed by atoms with Crippen LogP contribution >= 0.6 is 11.8 Å². The Bertz CT molecular complexity index is 242. The average molecular weight is 173 g/mol. The summed E-state index contributed by atoms with van der Waals surface area (Å²) in [7, 11) is 0. The van der Waals surface area contributed by atoms with E-state index in [4.69, 9.17) is 5.11 Å². The SMILES string of the molecule is O=C1CC[C@@]2(N1)SC2C(=O)O. The zero-order valence-electron chi connectivity index (χ0n) is 5.66. The lowest BCUT2D eigenvalue weighted by Crippen LogP contribution is -2.32. The molecule has 2 heterocycles. The first-order valence-electron chi connectivity index (χ1n) is 3.36. The molecule has 0 bridgehead atoms. The fourth-order valence-corrected chi connectivity index (χ4v) is 2.50. The van der Waals surface area contributed by atoms with Crippen molar-refractivity contribution in [3.8, 4) is 0 Å². The standard InChI is InChI=1S/C6H7NO3S/c8-3-1-2-6(7-3)4(11-6)5(9)10/h4H,1-2H2,(H,7,8)(H,9,10)/t4?,6-/m1/s1. The van der Waals surface area contributed by atoms with Crippen LogP contribution in [0.4, 0.5) is 0 Å². The van der Waals surface area contributed by atoms with Gasteiger partial charge in [0.05, 0.1) is 0 Å². The first-order chi connectivity index (χ1) is 5.14. The smallest absolute Gasteiger partial charge is 0.320 e. The highest BCUT2D eigenvalue weighted by molar-refractivity contribution is 8.09. The average Bonchev–Trinajstić information content (AvgIpc) is 2.48. The molecule has 2 aliphatic rings. The van der Waals surface area contributed by atoms with Gasteiger partial charge < -0.3 is 10.4 Å². The number of hydrogen-bond acceptors (Lipinski definition) is 3. The second-order valence-electron chi connectivity index (χ2n) is 2.77. The monoisotopic (exact) mass is 173 g/mol. The van der Waals surface area contributed by atoms with Crippen molar-refractivity contribution in [1.29, 1.82) is 0 Å². The highest BCUT2D eigenvalue weighted by Crippen LogP contribution is 2.56. The normalized spacial score (nSPS) is 40.7. The highest BCUT2D eigenvalue weighted by Gasteiger charge is 2.63. The van der Waals surface area contributed by atoms with Gasteiger partial charge in [0.2, 0.25) is 5.91 Å². The second-order valence-corrected chi connectivity index (χ2v) is 4.21. The van der Waals surface area contributed by atoms with Crippen molar-refractivity contribution in [3.63, 3.8) is 0 Å². The van der Waals surface area contributed by atoms with Crippen LogP contribution < -0.4 is 5.32 Å². The van der Waals surface area contributed by atoms with E-state index < -0.39 is 16.1 Å². The van der Waals surface area contributed by atoms with Crippen molar-refractivity contribution in [2.75, 3.05) is 0 Å². The number of nitrogens with one attached hydrogen (secondary N) is 1. The lowest BCUT2D eigenvalue weighted by molar-refractivity contribution is -0.136. The number of aliphatic carboxylic acids is 1. The number of carbonyl (C=O) groups excluding carboxylic acids is 1. The highest BCUT2D eigenvalue weighted by atomic mass is 32.2. The maximum atomic E-state index is 10.7. The van der Waals surface area contributed by atoms with Gasteiger partial charge in [0.1, 0.15) is 10.1 Å². The molecule has 0 aromatic rings. The van der Waals surface area contributed by atoms with Gasteiger partial charge in [0.25, 0.3) is 0 Å². The van der Waals surface area contributed by atoms with E-state index in [1.807, 2.05) is 0 Å². The molecular formula is C6H7NO3S. The summed E-state index contributed by atoms with van der Waals surface area (Å²) in [6.07, 6.45) is 1.13. The van der Waals surface area contributed by atoms with E-state index in [0.29, 0.717) is 12.8 Å². The summed E-state index contributed by atoms with van der Waals surface area (Å²) in [5.74, 6) is -0.849. The Morgan fingerprint density at radius 1 is 1.82 bits per heavy atom. The number of rotatable bonds is 1. The molecule has 2 fully saturated rings. The lowest BCUT2D eigenvalue weighted by atomic mass is 10.2. The summed E-state index contributed by atoms with van der Waals surface area (Å²) in [4.78, 5) is 20.8. The molecule has 1 unspecified atom stereocenters. The molecule has 0 aliphatic carbocycles. The summed E-state index contributed by atoms with van der Waals surface area (Å²) in [5.41, 5.74) is 0. The number of thioether (sulfide) groups is 1. The van der Waals surface area contributed by atoms with E-state index in [1.54, 1.807) is 0 Å². The first-order valence-corrected chi connectivity index (χ1v) is 4.24. The largest absolute Gasteiger partial charge is 0.480 e. The molecule has 4 nitrogen and oxygen atoms in total. The van der Waals surface area contributed by atoms with Crippen LogP contribution in [0.1, 0.15) is 12.8 Å². The zero-order chi connectivity index (χ0) is 8.06. The van der Waals surface area contributed by atoms with Gasteiger partial charge in [0.15, 0.2) is 0 Å². The van der Waals surface area contributed by atoms with Crippen LogP contribution in [-0.4, -0.2) is 27.1 Å². The summed E-state index contributed by atoms with van der Waals surface area (Å²) in [6.45, 7) is 0. The van der Waals surface area contributed by atoms with Gasteiger partial charge in [-0.1, -0.05) is 0 Å². The van der Waals surface area contributed by atoms with Crippen molar-refractivity contribution in [1.82, 2.24) is 5.32 Å². The number of carbonyl (C=O) groups is 2. The van der Waals surface area contributed by atoms with Gasteiger partial charge in [-0.25, -0.2) is 0 Å². The topological polar surface area (TPSA) is 66.4 Å². The third-order valence-corrected chi connectivity index (χ3v) is 3.54. The molecule has 60 valence electrons. The lowest BCUT2D eigenvalue weighted by Gasteiger charge is -2.02. The molecule has 2 N–H and O–H groups in total. The zero-order valence-corrected chi connectivity index (χ0v) is 6.48. The number of amides is 1. The summed E-state index contributed by atoms with van der Waals surface area (Å²) < 4.78 is 0. The number of carboxylic acid groups (broad SMARTS) is 1. The molecule has 0 aromatic carbocycles. The molecule has 2 rings (SSSR count). The third kappa shape index (κ3) is 0.910. The summed E-state index contributed by atoms with van der Waals surface area (Å²) >= 11 is 1.33. The molecule has 2 aliphatic heterocycles. The van der Waals surface area contributed by atoms with Gasteiger partial charge in [-0.05, 0) is 6.42 Å². The fourth-order valence-electron chi connectivity index (χ4n) is 1.37. The van der Waals surface area contributed by atoms with Crippen LogP contribution in [0, 0.1) is 0 Å². The van der Waals surface area contributed by atoms with Crippen LogP contribution in [0.5, 0.6) is 0 Å². The van der Waals surface area contributed by atoms with Gasteiger partial charge >= 0.3 is 5.97 Å². The number of carboxylic acids is 1. The van der Waals surface area contributed by atoms with Crippen LogP contribution in [0.25, 0.3) is 0 Å². The Kier molecular flexibility index (Phi) is 1.21. The van der Waals surface area contributed by atoms with Crippen molar-refractivity contribution < 1.29 is 14.7 Å². The van der Waals surface area contributed by atoms with E-state index in [9.17, 15) is 9.59 Å². The molecule has 1 amide bonds. The summed E-state index contributed by atoms with van der Waals surface area (Å²) in [5, 5.41) is 10.9. The third-order valence-electron chi connectivity index (χ3n) is 1.99. The van der Waals surface area contributed by atoms with E-state index in [-0.39, 0.29) is 5.91 Å². The summed E-state index contributed by atoms with van der Waals surface area (Å²) in [6, 6.07) is 0. The van der Waals surface area contributed by atoms with E-state index in [2.05, 4.69) is 5.32 Å². The van der Waals surface area contributed by atoms with Gasteiger partial charge in [-0.3, -0.25) is 9.59 Å². The fraction of sp³-hybridized carbons (Fsp3) is 0.667. The molecule has 2 saturated heterocycles. The van der Waals surface area contributed by atoms with Crippen LogP contribution in [0.15, 0.2) is 0 Å². The molecular weight excluding hydrogens is 166 g/mol. The first kappa shape index (κ1) is 6.97. The van der Waals surface area contributed by atoms with Crippen molar-refractivity contribution >= 4 is 23.6 Å². The Balaban J connectivity index is 2.08. The van der Waals surface area contributed by atoms with Gasteiger partial charge in [-0.15, -0.1) is 11.8 Å². The minimum atomic E-state index is -0.822. The molecule has 0 radical (unpaired) electrons. The van der Waals surface area contributed by atoms with Gasteiger partial charge in [-0.2, -0.15) is 0 Å². The predicted octanol–water partition coefficient (Wildman–Crippen LogP) is -0.207. The maximum absolute atomic E-state index is 10.7. The quantitative estimate of drug-likeness (QED) is 0.538. The molecule has 0 aromatic heterocycles. The van der Waals surface area contributed by atoms with E-state index >= 15 is 0 Å². The Hall–Kier alpha value is -0.710. The molecule has 0 saturated carbocycles. The maximum Gasteiger partial charge on any atom is 0.320 e. The Morgan fingerprint density at radius 2 is 2.55 bits per heavy atom. The molecule has 2 atom stereocenters. The number of hydrogen-bond donors (Lipinski definition) is 2. The Morgan fingerprint density at radius 3 is 2.91 bits per heavy atom. The van der Waals surface area contributed by atoms with Crippen molar-refractivity contribution in [2.45, 2.75) is 23.0 Å². The molecule has 1 spiro atoms. The van der Waals surface area contributed by atoms with Crippen molar-refractivity contribution in [2.24, 2.45) is 0 Å². The minimum absolute atomic E-state index is 0.0266. The van der Waals surface area contributed by atoms with E-state index in [1.165, 1.54) is 11.8 Å². The minimum Gasteiger partial charge on any atom is -0.480 e. The van der Waals surface area contributed by atoms with E-state index in [0.717, 1.165) is 0 Å². The van der Waals surface area contributed by atoms with Crippen molar-refractivity contribution in [3.05, 3.63) is 0 Å². The van der Waals surface area contributed by atoms with Crippen LogP contribution in [-0.2, 0) is 9.59 Å². The second kappa shape index (κ2) is 1.91. The van der Waals surface area contributed by atoms with Gasteiger partial charge in [0, 0.05) is 6.42 Å². The Labute approximate surface area is 67.3 Å². The van der Waals surface area contributed by atoms with Crippen LogP contribution in [0.2, 0.25) is 0 Å². The van der Waals surface area contributed by atoms with Crippen LogP contribution in [0.3, 0.4) is 0 Å². The molecule has 11 heavy (non-hydrogen) atoms. The molecule has 5 heteroatoms.